The molecular weight excluding hydrogens is 361 g/mol. The average molecular weight is 376 g/mol. The van der Waals surface area contributed by atoms with Gasteiger partial charge in [0, 0.05) is 0 Å². The lowest BCUT2D eigenvalue weighted by atomic mass is 9.95. The van der Waals surface area contributed by atoms with E-state index in [-0.39, 0.29) is 29.1 Å². The van der Waals surface area contributed by atoms with Crippen molar-refractivity contribution in [1.82, 2.24) is 4.98 Å². The number of aromatic nitrogens is 1. The van der Waals surface area contributed by atoms with E-state index in [0.29, 0.717) is 6.61 Å². The van der Waals surface area contributed by atoms with Crippen molar-refractivity contribution >= 4 is 22.7 Å². The first-order valence-corrected chi connectivity index (χ1v) is 8.38. The Morgan fingerprint density at radius 3 is 2.81 bits per heavy atom. The highest BCUT2D eigenvalue weighted by atomic mass is 19.4. The molecule has 0 fully saturated rings. The van der Waals surface area contributed by atoms with Crippen LogP contribution in [0.15, 0.2) is 46.9 Å². The lowest BCUT2D eigenvalue weighted by molar-refractivity contribution is -0.156. The molecule has 4 rings (SSSR count). The number of rotatable bonds is 3. The van der Waals surface area contributed by atoms with Crippen molar-refractivity contribution in [2.45, 2.75) is 25.1 Å². The van der Waals surface area contributed by atoms with Gasteiger partial charge in [0.15, 0.2) is 5.58 Å². The molecule has 0 unspecified atom stereocenters. The van der Waals surface area contributed by atoms with Gasteiger partial charge in [-0.25, -0.2) is 4.98 Å². The molecule has 140 valence electrons. The van der Waals surface area contributed by atoms with Crippen molar-refractivity contribution in [2.75, 3.05) is 11.9 Å². The van der Waals surface area contributed by atoms with Gasteiger partial charge in [-0.3, -0.25) is 4.79 Å². The topological polar surface area (TPSA) is 64.4 Å². The fourth-order valence-electron chi connectivity index (χ4n) is 3.19. The first-order chi connectivity index (χ1) is 12.9. The molecule has 1 aliphatic heterocycles. The van der Waals surface area contributed by atoms with Crippen LogP contribution in [-0.4, -0.2) is 17.5 Å². The number of amides is 1. The molecule has 0 bridgehead atoms. The van der Waals surface area contributed by atoms with Gasteiger partial charge in [-0.2, -0.15) is 13.2 Å². The maximum atomic E-state index is 12.8. The van der Waals surface area contributed by atoms with Crippen molar-refractivity contribution in [3.05, 3.63) is 59.5 Å². The highest BCUT2D eigenvalue weighted by Crippen LogP contribution is 2.34. The minimum absolute atomic E-state index is 0.0388. The van der Waals surface area contributed by atoms with Gasteiger partial charge >= 0.3 is 12.1 Å². The van der Waals surface area contributed by atoms with Gasteiger partial charge in [0.2, 0.25) is 5.91 Å². The molecule has 8 heteroatoms. The quantitative estimate of drug-likeness (QED) is 0.732. The van der Waals surface area contributed by atoms with E-state index in [4.69, 9.17) is 9.15 Å². The van der Waals surface area contributed by atoms with E-state index in [9.17, 15) is 18.0 Å². The molecule has 27 heavy (non-hydrogen) atoms. The second kappa shape index (κ2) is 6.70. The minimum atomic E-state index is -4.69. The summed E-state index contributed by atoms with van der Waals surface area (Å²) in [6, 6.07) is 12.1. The predicted molar refractivity (Wildman–Crippen MR) is 91.1 cm³/mol. The molecule has 0 aliphatic carbocycles. The molecule has 0 saturated carbocycles. The third-order valence-electron chi connectivity index (χ3n) is 4.40. The Kier molecular flexibility index (Phi) is 4.35. The van der Waals surface area contributed by atoms with Crippen LogP contribution in [0.1, 0.15) is 29.5 Å². The molecule has 5 nitrogen and oxygen atoms in total. The standard InChI is InChI=1S/C19H15F3N2O3/c20-19(21,22)18-24-17-13(6-3-7-14(17)27-18)23-16(25)10-15-12-5-2-1-4-11(12)8-9-26-15/h1-7,15H,8-10H2,(H,23,25)/t15-/m0/s1. The minimum Gasteiger partial charge on any atom is -0.433 e. The fraction of sp³-hybridized carbons (Fsp3) is 0.263. The molecule has 1 aromatic heterocycles. The van der Waals surface area contributed by atoms with Crippen molar-refractivity contribution in [2.24, 2.45) is 0 Å². The number of ether oxygens (including phenoxy) is 1. The SMILES string of the molecule is O=C(C[C@@H]1OCCc2ccccc21)Nc1cccc2oc(C(F)(F)F)nc12. The molecule has 1 amide bonds. The summed E-state index contributed by atoms with van der Waals surface area (Å²) in [6.45, 7) is 0.517. The van der Waals surface area contributed by atoms with Gasteiger partial charge in [-0.05, 0) is 29.7 Å². The van der Waals surface area contributed by atoms with Crippen LogP contribution >= 0.6 is 0 Å². The smallest absolute Gasteiger partial charge is 0.433 e. The van der Waals surface area contributed by atoms with E-state index in [1.54, 1.807) is 0 Å². The van der Waals surface area contributed by atoms with Crippen LogP contribution in [0.2, 0.25) is 0 Å². The summed E-state index contributed by atoms with van der Waals surface area (Å²) in [5, 5.41) is 2.62. The Hall–Kier alpha value is -2.87. The molecule has 3 aromatic rings. The van der Waals surface area contributed by atoms with Crippen LogP contribution in [-0.2, 0) is 22.1 Å². The van der Waals surface area contributed by atoms with E-state index in [1.165, 1.54) is 18.2 Å². The van der Waals surface area contributed by atoms with E-state index in [2.05, 4.69) is 10.3 Å². The Bertz CT molecular complexity index is 997. The zero-order valence-electron chi connectivity index (χ0n) is 14.0. The molecule has 0 spiro atoms. The van der Waals surface area contributed by atoms with Crippen LogP contribution in [0, 0.1) is 0 Å². The first kappa shape index (κ1) is 17.5. The number of anilines is 1. The normalized spacial score (nSPS) is 16.9. The number of hydrogen-bond donors (Lipinski definition) is 1. The highest BCUT2D eigenvalue weighted by molar-refractivity contribution is 5.99. The number of benzene rings is 2. The number of nitrogens with one attached hydrogen (secondary N) is 1. The summed E-state index contributed by atoms with van der Waals surface area (Å²) in [7, 11) is 0. The largest absolute Gasteiger partial charge is 0.468 e. The van der Waals surface area contributed by atoms with Gasteiger partial charge in [-0.1, -0.05) is 30.3 Å². The molecule has 2 aromatic carbocycles. The molecule has 0 radical (unpaired) electrons. The van der Waals surface area contributed by atoms with Gasteiger partial charge in [0.05, 0.1) is 24.8 Å². The van der Waals surface area contributed by atoms with Crippen molar-refractivity contribution < 1.29 is 27.1 Å². The van der Waals surface area contributed by atoms with Gasteiger partial charge < -0.3 is 14.5 Å². The zero-order valence-corrected chi connectivity index (χ0v) is 14.0. The maximum absolute atomic E-state index is 12.8. The van der Waals surface area contributed by atoms with Crippen molar-refractivity contribution in [1.29, 1.82) is 0 Å². The number of halogens is 3. The van der Waals surface area contributed by atoms with Gasteiger partial charge in [0.1, 0.15) is 5.52 Å². The third kappa shape index (κ3) is 3.52. The molecule has 1 N–H and O–H groups in total. The first-order valence-electron chi connectivity index (χ1n) is 8.38. The number of hydrogen-bond acceptors (Lipinski definition) is 4. The summed E-state index contributed by atoms with van der Waals surface area (Å²) in [4.78, 5) is 15.9. The Morgan fingerprint density at radius 1 is 1.19 bits per heavy atom. The Balaban J connectivity index is 1.55. The highest BCUT2D eigenvalue weighted by Gasteiger charge is 2.38. The zero-order chi connectivity index (χ0) is 19.0. The number of alkyl halides is 3. The van der Waals surface area contributed by atoms with E-state index < -0.39 is 18.2 Å². The number of carbonyl (C=O) groups is 1. The number of carbonyl (C=O) groups excluding carboxylic acids is 1. The van der Waals surface area contributed by atoms with Gasteiger partial charge in [-0.15, -0.1) is 0 Å². The van der Waals surface area contributed by atoms with Crippen LogP contribution in [0.3, 0.4) is 0 Å². The molecule has 1 atom stereocenters. The van der Waals surface area contributed by atoms with Crippen molar-refractivity contribution in [3.8, 4) is 0 Å². The molecule has 1 aliphatic rings. The summed E-state index contributed by atoms with van der Waals surface area (Å²) in [6.07, 6.45) is -4.25. The molecule has 0 saturated heterocycles. The Morgan fingerprint density at radius 2 is 2.00 bits per heavy atom. The van der Waals surface area contributed by atoms with E-state index in [1.807, 2.05) is 24.3 Å². The van der Waals surface area contributed by atoms with Crippen LogP contribution in [0.5, 0.6) is 0 Å². The lowest BCUT2D eigenvalue weighted by Crippen LogP contribution is -2.22. The number of oxazole rings is 1. The fourth-order valence-corrected chi connectivity index (χ4v) is 3.19. The predicted octanol–water partition coefficient (Wildman–Crippen LogP) is 4.49. The van der Waals surface area contributed by atoms with E-state index >= 15 is 0 Å². The van der Waals surface area contributed by atoms with Crippen LogP contribution in [0.25, 0.3) is 11.1 Å². The Labute approximate surface area is 152 Å². The number of nitrogens with zero attached hydrogens (tertiary/aromatic N) is 1. The van der Waals surface area contributed by atoms with Crippen LogP contribution in [0.4, 0.5) is 18.9 Å². The lowest BCUT2D eigenvalue weighted by Gasteiger charge is -2.25. The number of fused-ring (bicyclic) bond motifs is 2. The number of para-hydroxylation sites is 1. The summed E-state index contributed by atoms with van der Waals surface area (Å²) >= 11 is 0. The average Bonchev–Trinajstić information content (AvgIpc) is 3.08. The second-order valence-electron chi connectivity index (χ2n) is 6.23. The summed E-state index contributed by atoms with van der Waals surface area (Å²) in [5.74, 6) is -1.72. The van der Waals surface area contributed by atoms with Gasteiger partial charge in [0.25, 0.3) is 0 Å². The molecule has 2 heterocycles. The van der Waals surface area contributed by atoms with Crippen LogP contribution < -0.4 is 5.32 Å². The monoisotopic (exact) mass is 376 g/mol. The van der Waals surface area contributed by atoms with E-state index in [0.717, 1.165) is 17.5 Å². The maximum Gasteiger partial charge on any atom is 0.468 e. The summed E-state index contributed by atoms with van der Waals surface area (Å²) in [5.41, 5.74) is 2.18. The summed E-state index contributed by atoms with van der Waals surface area (Å²) < 4.78 is 48.9. The third-order valence-corrected chi connectivity index (χ3v) is 4.40. The second-order valence-corrected chi connectivity index (χ2v) is 6.23. The molecular formula is C19H15F3N2O3. The van der Waals surface area contributed by atoms with Crippen molar-refractivity contribution in [3.63, 3.8) is 0 Å².